The van der Waals surface area contributed by atoms with E-state index in [-0.39, 0.29) is 11.9 Å². The number of aromatic nitrogens is 3. The zero-order chi connectivity index (χ0) is 18.5. The zero-order valence-corrected chi connectivity index (χ0v) is 14.9. The maximum absolute atomic E-state index is 11.7. The number of anilines is 1. The van der Waals surface area contributed by atoms with Gasteiger partial charge in [-0.15, -0.1) is 5.10 Å². The quantitative estimate of drug-likeness (QED) is 0.736. The number of hydrogen-bond acceptors (Lipinski definition) is 5. The van der Waals surface area contributed by atoms with Gasteiger partial charge in [-0.1, -0.05) is 25.1 Å². The molecule has 0 aliphatic heterocycles. The minimum absolute atomic E-state index is 0.0497. The van der Waals surface area contributed by atoms with Crippen LogP contribution in [-0.4, -0.2) is 34.9 Å². The van der Waals surface area contributed by atoms with E-state index in [0.717, 1.165) is 17.0 Å². The van der Waals surface area contributed by atoms with Crippen LogP contribution in [0.3, 0.4) is 0 Å². The minimum Gasteiger partial charge on any atom is -0.497 e. The van der Waals surface area contributed by atoms with Crippen molar-refractivity contribution >= 4 is 11.6 Å². The number of hydrogen-bond donors (Lipinski definition) is 1. The average Bonchev–Trinajstić information content (AvgIpc) is 3.13. The first-order valence-corrected chi connectivity index (χ1v) is 8.20. The topological polar surface area (TPSA) is 78.3 Å². The first-order valence-electron chi connectivity index (χ1n) is 8.20. The van der Waals surface area contributed by atoms with E-state index in [1.165, 1.54) is 7.11 Å². The van der Waals surface area contributed by atoms with Gasteiger partial charge in [0.2, 0.25) is 5.91 Å². The van der Waals surface area contributed by atoms with Crippen LogP contribution in [-0.2, 0) is 4.79 Å². The van der Waals surface area contributed by atoms with Gasteiger partial charge in [0, 0.05) is 17.7 Å². The third kappa shape index (κ3) is 3.66. The molecule has 1 heterocycles. The summed E-state index contributed by atoms with van der Waals surface area (Å²) in [6.45, 7) is 1.81. The summed E-state index contributed by atoms with van der Waals surface area (Å²) in [5.74, 6) is 1.28. The molecule has 0 saturated carbocycles. The highest BCUT2D eigenvalue weighted by Gasteiger charge is 2.15. The maximum Gasteiger partial charge on any atom is 0.336 e. The molecule has 0 spiro atoms. The molecular formula is C19H20N4O3. The molecule has 3 aromatic rings. The van der Waals surface area contributed by atoms with Gasteiger partial charge in [-0.2, -0.15) is 4.98 Å². The van der Waals surface area contributed by atoms with Gasteiger partial charge >= 0.3 is 6.01 Å². The standard InChI is InChI=1S/C19H20N4O3/c1-4-17(24)20-14-8-6-9-15(12-14)23-18(21-19(22-23)26-3)13-7-5-10-16(11-13)25-2/h5-12H,4H2,1-3H3,(H,20,24). The van der Waals surface area contributed by atoms with Gasteiger partial charge in [0.05, 0.1) is 19.9 Å². The van der Waals surface area contributed by atoms with Crippen molar-refractivity contribution in [1.29, 1.82) is 0 Å². The predicted octanol–water partition coefficient (Wildman–Crippen LogP) is 3.30. The molecule has 134 valence electrons. The number of ether oxygens (including phenoxy) is 2. The average molecular weight is 352 g/mol. The number of carbonyl (C=O) groups is 1. The van der Waals surface area contributed by atoms with Crippen LogP contribution in [0.15, 0.2) is 48.5 Å². The monoisotopic (exact) mass is 352 g/mol. The van der Waals surface area contributed by atoms with Crippen LogP contribution in [0.4, 0.5) is 5.69 Å². The Morgan fingerprint density at radius 1 is 1.12 bits per heavy atom. The van der Waals surface area contributed by atoms with Crippen molar-refractivity contribution in [3.8, 4) is 28.8 Å². The Labute approximate surface area is 151 Å². The Balaban J connectivity index is 2.06. The number of benzene rings is 2. The first kappa shape index (κ1) is 17.5. The van der Waals surface area contributed by atoms with E-state index < -0.39 is 0 Å². The lowest BCUT2D eigenvalue weighted by atomic mass is 10.2. The van der Waals surface area contributed by atoms with Gasteiger partial charge < -0.3 is 14.8 Å². The van der Waals surface area contributed by atoms with Crippen LogP contribution >= 0.6 is 0 Å². The highest BCUT2D eigenvalue weighted by molar-refractivity contribution is 5.90. The second-order valence-corrected chi connectivity index (χ2v) is 5.52. The summed E-state index contributed by atoms with van der Waals surface area (Å²) in [6, 6.07) is 15.2. The van der Waals surface area contributed by atoms with E-state index in [1.54, 1.807) is 11.8 Å². The van der Waals surface area contributed by atoms with Crippen molar-refractivity contribution in [1.82, 2.24) is 14.8 Å². The fourth-order valence-electron chi connectivity index (χ4n) is 2.47. The van der Waals surface area contributed by atoms with E-state index in [4.69, 9.17) is 9.47 Å². The van der Waals surface area contributed by atoms with Crippen molar-refractivity contribution < 1.29 is 14.3 Å². The summed E-state index contributed by atoms with van der Waals surface area (Å²) >= 11 is 0. The van der Waals surface area contributed by atoms with Crippen molar-refractivity contribution in [2.24, 2.45) is 0 Å². The predicted molar refractivity (Wildman–Crippen MR) is 98.8 cm³/mol. The Kier molecular flexibility index (Phi) is 5.17. The molecule has 0 bridgehead atoms. The first-order chi connectivity index (χ1) is 12.6. The van der Waals surface area contributed by atoms with Crippen LogP contribution < -0.4 is 14.8 Å². The molecule has 0 radical (unpaired) electrons. The van der Waals surface area contributed by atoms with E-state index in [1.807, 2.05) is 55.5 Å². The molecule has 7 nitrogen and oxygen atoms in total. The lowest BCUT2D eigenvalue weighted by Gasteiger charge is -2.09. The van der Waals surface area contributed by atoms with Crippen LogP contribution in [0.2, 0.25) is 0 Å². The molecule has 0 fully saturated rings. The molecule has 3 rings (SSSR count). The van der Waals surface area contributed by atoms with Gasteiger partial charge in [0.15, 0.2) is 5.82 Å². The van der Waals surface area contributed by atoms with Gasteiger partial charge in [-0.3, -0.25) is 4.79 Å². The van der Waals surface area contributed by atoms with Gasteiger partial charge in [-0.05, 0) is 30.3 Å². The summed E-state index contributed by atoms with van der Waals surface area (Å²) < 4.78 is 12.2. The summed E-state index contributed by atoms with van der Waals surface area (Å²) in [5, 5.41) is 7.25. The Morgan fingerprint density at radius 3 is 2.65 bits per heavy atom. The molecule has 0 aliphatic carbocycles. The third-order valence-corrected chi connectivity index (χ3v) is 3.79. The van der Waals surface area contributed by atoms with E-state index in [9.17, 15) is 4.79 Å². The normalized spacial score (nSPS) is 10.4. The molecule has 1 amide bonds. The number of methoxy groups -OCH3 is 2. The largest absolute Gasteiger partial charge is 0.497 e. The number of nitrogens with one attached hydrogen (secondary N) is 1. The number of carbonyl (C=O) groups excluding carboxylic acids is 1. The van der Waals surface area contributed by atoms with Crippen LogP contribution in [0.25, 0.3) is 17.1 Å². The molecule has 26 heavy (non-hydrogen) atoms. The van der Waals surface area contributed by atoms with E-state index in [0.29, 0.717) is 17.9 Å². The highest BCUT2D eigenvalue weighted by atomic mass is 16.5. The molecule has 1 aromatic heterocycles. The summed E-state index contributed by atoms with van der Waals surface area (Å²) in [7, 11) is 3.14. The maximum atomic E-state index is 11.7. The van der Waals surface area contributed by atoms with Crippen molar-refractivity contribution in [3.63, 3.8) is 0 Å². The summed E-state index contributed by atoms with van der Waals surface area (Å²) in [5.41, 5.74) is 2.29. The molecule has 0 unspecified atom stereocenters. The van der Waals surface area contributed by atoms with E-state index >= 15 is 0 Å². The van der Waals surface area contributed by atoms with Crippen LogP contribution in [0.5, 0.6) is 11.8 Å². The summed E-state index contributed by atoms with van der Waals surface area (Å²) in [4.78, 5) is 16.1. The number of amides is 1. The van der Waals surface area contributed by atoms with E-state index in [2.05, 4.69) is 15.4 Å². The number of rotatable bonds is 6. The SMILES string of the molecule is CCC(=O)Nc1cccc(-n2nc(OC)nc2-c2cccc(OC)c2)c1. The molecule has 2 aromatic carbocycles. The molecule has 0 atom stereocenters. The second-order valence-electron chi connectivity index (χ2n) is 5.52. The second kappa shape index (κ2) is 7.69. The lowest BCUT2D eigenvalue weighted by molar-refractivity contribution is -0.115. The Hall–Kier alpha value is -3.35. The minimum atomic E-state index is -0.0497. The Bertz CT molecular complexity index is 921. The fourth-order valence-corrected chi connectivity index (χ4v) is 2.47. The van der Waals surface area contributed by atoms with Gasteiger partial charge in [0.25, 0.3) is 0 Å². The number of nitrogens with zero attached hydrogens (tertiary/aromatic N) is 3. The highest BCUT2D eigenvalue weighted by Crippen LogP contribution is 2.27. The zero-order valence-electron chi connectivity index (χ0n) is 14.9. The van der Waals surface area contributed by atoms with Crippen molar-refractivity contribution in [2.75, 3.05) is 19.5 Å². The lowest BCUT2D eigenvalue weighted by Crippen LogP contribution is -2.10. The fraction of sp³-hybridized carbons (Fsp3) is 0.211. The summed E-state index contributed by atoms with van der Waals surface area (Å²) in [6.07, 6.45) is 0.413. The van der Waals surface area contributed by atoms with Crippen molar-refractivity contribution in [2.45, 2.75) is 13.3 Å². The van der Waals surface area contributed by atoms with Crippen molar-refractivity contribution in [3.05, 3.63) is 48.5 Å². The van der Waals surface area contributed by atoms with Gasteiger partial charge in [0.1, 0.15) is 5.75 Å². The Morgan fingerprint density at radius 2 is 1.92 bits per heavy atom. The molecule has 0 saturated heterocycles. The third-order valence-electron chi connectivity index (χ3n) is 3.79. The van der Waals surface area contributed by atoms with Crippen LogP contribution in [0.1, 0.15) is 13.3 Å². The van der Waals surface area contributed by atoms with Crippen LogP contribution in [0, 0.1) is 0 Å². The van der Waals surface area contributed by atoms with Gasteiger partial charge in [-0.25, -0.2) is 4.68 Å². The molecular weight excluding hydrogens is 332 g/mol. The smallest absolute Gasteiger partial charge is 0.336 e. The molecule has 1 N–H and O–H groups in total. The molecule has 7 heteroatoms. The molecule has 0 aliphatic rings.